The number of aromatic nitrogens is 1. The summed E-state index contributed by atoms with van der Waals surface area (Å²) < 4.78 is 0. The largest absolute Gasteiger partial charge is 0.327 e. The number of nitrogens with zero attached hydrogens (tertiary/aromatic N) is 1. The van der Waals surface area contributed by atoms with Crippen molar-refractivity contribution >= 4 is 6.08 Å². The Morgan fingerprint density at radius 2 is 2.45 bits per heavy atom. The van der Waals surface area contributed by atoms with Gasteiger partial charge in [-0.25, -0.2) is 0 Å². The Labute approximate surface area is 66.8 Å². The molecule has 11 heavy (non-hydrogen) atoms. The number of hydrogen-bond acceptors (Lipinski definition) is 2. The smallest absolute Gasteiger partial charge is 0.0629 e. The number of rotatable bonds is 2. The second-order valence-electron chi connectivity index (χ2n) is 2.40. The summed E-state index contributed by atoms with van der Waals surface area (Å²) in [6.45, 7) is 2.61. The zero-order chi connectivity index (χ0) is 8.10. The standard InChI is InChI=1S/C9H12N2/c1-8-4-6-11-9(7-8)3-2-5-10/h2-4,6-7H,5,10H2,1H3. The van der Waals surface area contributed by atoms with Crippen molar-refractivity contribution in [3.63, 3.8) is 0 Å². The maximum Gasteiger partial charge on any atom is 0.0629 e. The molecule has 0 bridgehead atoms. The van der Waals surface area contributed by atoms with E-state index >= 15 is 0 Å². The normalized spacial score (nSPS) is 10.7. The lowest BCUT2D eigenvalue weighted by Crippen LogP contribution is -1.92. The van der Waals surface area contributed by atoms with Crippen LogP contribution in [-0.2, 0) is 0 Å². The summed E-state index contributed by atoms with van der Waals surface area (Å²) in [5.41, 5.74) is 7.49. The van der Waals surface area contributed by atoms with E-state index in [9.17, 15) is 0 Å². The molecular weight excluding hydrogens is 136 g/mol. The maximum absolute atomic E-state index is 5.30. The summed E-state index contributed by atoms with van der Waals surface area (Å²) in [7, 11) is 0. The van der Waals surface area contributed by atoms with Crippen molar-refractivity contribution in [2.75, 3.05) is 6.54 Å². The molecule has 0 spiro atoms. The zero-order valence-corrected chi connectivity index (χ0v) is 6.62. The van der Waals surface area contributed by atoms with Crippen LogP contribution in [0.15, 0.2) is 24.4 Å². The minimum absolute atomic E-state index is 0.565. The zero-order valence-electron chi connectivity index (χ0n) is 6.62. The van der Waals surface area contributed by atoms with Crippen LogP contribution in [0.5, 0.6) is 0 Å². The Bertz CT molecular complexity index is 253. The molecule has 0 aliphatic carbocycles. The molecule has 0 saturated carbocycles. The molecule has 1 aromatic rings. The highest BCUT2D eigenvalue weighted by molar-refractivity contribution is 5.45. The van der Waals surface area contributed by atoms with Crippen molar-refractivity contribution in [2.45, 2.75) is 6.92 Å². The Balaban J connectivity index is 2.79. The van der Waals surface area contributed by atoms with Crippen LogP contribution in [0.25, 0.3) is 6.08 Å². The molecule has 1 rings (SSSR count). The highest BCUT2D eigenvalue weighted by Gasteiger charge is 1.86. The number of hydrogen-bond donors (Lipinski definition) is 1. The molecular formula is C9H12N2. The average Bonchev–Trinajstić information content (AvgIpc) is 2.01. The first-order valence-electron chi connectivity index (χ1n) is 3.62. The van der Waals surface area contributed by atoms with E-state index in [1.165, 1.54) is 5.56 Å². The van der Waals surface area contributed by atoms with Crippen molar-refractivity contribution in [1.82, 2.24) is 4.98 Å². The van der Waals surface area contributed by atoms with Gasteiger partial charge >= 0.3 is 0 Å². The maximum atomic E-state index is 5.30. The van der Waals surface area contributed by atoms with Crippen LogP contribution in [0.3, 0.4) is 0 Å². The SMILES string of the molecule is Cc1ccnc(C=CCN)c1. The minimum atomic E-state index is 0.565. The molecule has 58 valence electrons. The van der Waals surface area contributed by atoms with Gasteiger partial charge in [-0.3, -0.25) is 4.98 Å². The highest BCUT2D eigenvalue weighted by Crippen LogP contribution is 2.00. The molecule has 0 radical (unpaired) electrons. The van der Waals surface area contributed by atoms with Crippen LogP contribution < -0.4 is 5.73 Å². The van der Waals surface area contributed by atoms with Gasteiger partial charge < -0.3 is 5.73 Å². The molecule has 2 nitrogen and oxygen atoms in total. The van der Waals surface area contributed by atoms with Crippen LogP contribution in [0.2, 0.25) is 0 Å². The predicted octanol–water partition coefficient (Wildman–Crippen LogP) is 1.36. The lowest BCUT2D eigenvalue weighted by Gasteiger charge is -1.93. The number of pyridine rings is 1. The van der Waals surface area contributed by atoms with Crippen LogP contribution in [0.4, 0.5) is 0 Å². The first-order valence-corrected chi connectivity index (χ1v) is 3.62. The highest BCUT2D eigenvalue weighted by atomic mass is 14.7. The van der Waals surface area contributed by atoms with E-state index in [1.807, 2.05) is 31.2 Å². The molecule has 0 atom stereocenters. The third-order valence-corrected chi connectivity index (χ3v) is 1.36. The molecule has 0 aromatic carbocycles. The molecule has 0 unspecified atom stereocenters. The van der Waals surface area contributed by atoms with Crippen molar-refractivity contribution in [2.24, 2.45) is 5.73 Å². The minimum Gasteiger partial charge on any atom is -0.327 e. The fourth-order valence-electron chi connectivity index (χ4n) is 0.839. The Hall–Kier alpha value is -1.15. The predicted molar refractivity (Wildman–Crippen MR) is 47.1 cm³/mol. The van der Waals surface area contributed by atoms with Gasteiger partial charge in [-0.1, -0.05) is 6.08 Å². The average molecular weight is 148 g/mol. The van der Waals surface area contributed by atoms with Crippen LogP contribution >= 0.6 is 0 Å². The summed E-state index contributed by atoms with van der Waals surface area (Å²) in [6, 6.07) is 3.99. The van der Waals surface area contributed by atoms with E-state index in [0.29, 0.717) is 6.54 Å². The second-order valence-corrected chi connectivity index (χ2v) is 2.40. The first-order chi connectivity index (χ1) is 5.33. The van der Waals surface area contributed by atoms with Gasteiger partial charge in [0.15, 0.2) is 0 Å². The van der Waals surface area contributed by atoms with E-state index in [1.54, 1.807) is 6.20 Å². The molecule has 1 heterocycles. The summed E-state index contributed by atoms with van der Waals surface area (Å²) in [4.78, 5) is 4.13. The molecule has 0 aliphatic heterocycles. The summed E-state index contributed by atoms with van der Waals surface area (Å²) in [6.07, 6.45) is 5.61. The van der Waals surface area contributed by atoms with Crippen LogP contribution in [-0.4, -0.2) is 11.5 Å². The number of aryl methyl sites for hydroxylation is 1. The van der Waals surface area contributed by atoms with Gasteiger partial charge in [0.25, 0.3) is 0 Å². The second kappa shape index (κ2) is 3.88. The van der Waals surface area contributed by atoms with Gasteiger partial charge in [0.1, 0.15) is 0 Å². The van der Waals surface area contributed by atoms with Crippen molar-refractivity contribution in [1.29, 1.82) is 0 Å². The van der Waals surface area contributed by atoms with E-state index in [2.05, 4.69) is 4.98 Å². The molecule has 0 fully saturated rings. The van der Waals surface area contributed by atoms with Crippen LogP contribution in [0, 0.1) is 6.92 Å². The van der Waals surface area contributed by atoms with Gasteiger partial charge in [0.2, 0.25) is 0 Å². The number of nitrogens with two attached hydrogens (primary N) is 1. The summed E-state index contributed by atoms with van der Waals surface area (Å²) in [5.74, 6) is 0. The fourth-order valence-corrected chi connectivity index (χ4v) is 0.839. The summed E-state index contributed by atoms with van der Waals surface area (Å²) >= 11 is 0. The van der Waals surface area contributed by atoms with Crippen molar-refractivity contribution in [3.8, 4) is 0 Å². The summed E-state index contributed by atoms with van der Waals surface area (Å²) in [5, 5.41) is 0. The fraction of sp³-hybridized carbons (Fsp3) is 0.222. The molecule has 2 heteroatoms. The van der Waals surface area contributed by atoms with Crippen LogP contribution in [0.1, 0.15) is 11.3 Å². The lowest BCUT2D eigenvalue weighted by molar-refractivity contribution is 1.23. The Morgan fingerprint density at radius 1 is 1.64 bits per heavy atom. The third-order valence-electron chi connectivity index (χ3n) is 1.36. The Morgan fingerprint density at radius 3 is 3.09 bits per heavy atom. The molecule has 0 saturated heterocycles. The van der Waals surface area contributed by atoms with E-state index in [0.717, 1.165) is 5.69 Å². The monoisotopic (exact) mass is 148 g/mol. The quantitative estimate of drug-likeness (QED) is 0.687. The molecule has 1 aromatic heterocycles. The van der Waals surface area contributed by atoms with Gasteiger partial charge in [0.05, 0.1) is 5.69 Å². The molecule has 0 amide bonds. The van der Waals surface area contributed by atoms with Gasteiger partial charge in [-0.2, -0.15) is 0 Å². The lowest BCUT2D eigenvalue weighted by atomic mass is 10.2. The van der Waals surface area contributed by atoms with Gasteiger partial charge in [-0.05, 0) is 30.7 Å². The van der Waals surface area contributed by atoms with E-state index in [-0.39, 0.29) is 0 Å². The topological polar surface area (TPSA) is 38.9 Å². The Kier molecular flexibility index (Phi) is 2.81. The van der Waals surface area contributed by atoms with Crippen molar-refractivity contribution in [3.05, 3.63) is 35.7 Å². The van der Waals surface area contributed by atoms with E-state index < -0.39 is 0 Å². The van der Waals surface area contributed by atoms with Crippen molar-refractivity contribution < 1.29 is 0 Å². The van der Waals surface area contributed by atoms with Gasteiger partial charge in [-0.15, -0.1) is 0 Å². The van der Waals surface area contributed by atoms with E-state index in [4.69, 9.17) is 5.73 Å². The third kappa shape index (κ3) is 2.51. The molecule has 2 N–H and O–H groups in total. The first kappa shape index (κ1) is 7.95. The van der Waals surface area contributed by atoms with Gasteiger partial charge in [0, 0.05) is 12.7 Å². The molecule has 0 aliphatic rings.